The predicted molar refractivity (Wildman–Crippen MR) is 162 cm³/mol. The van der Waals surface area contributed by atoms with E-state index in [9.17, 15) is 19.2 Å². The second-order valence-electron chi connectivity index (χ2n) is 10.7. The Morgan fingerprint density at radius 2 is 1.57 bits per heavy atom. The molecule has 0 atom stereocenters. The van der Waals surface area contributed by atoms with Crippen molar-refractivity contribution in [2.24, 2.45) is 11.8 Å². The number of carbonyl (C=O) groups excluding carboxylic acids is 4. The molecule has 0 radical (unpaired) electrons. The lowest BCUT2D eigenvalue weighted by atomic mass is 9.83. The molecule has 2 aromatic rings. The Balaban J connectivity index is 1.66. The minimum absolute atomic E-state index is 0.00492. The number of hydrogen-bond acceptors (Lipinski definition) is 10. The molecule has 10 nitrogen and oxygen atoms in total. The van der Waals surface area contributed by atoms with Gasteiger partial charge in [-0.2, -0.15) is 0 Å². The van der Waals surface area contributed by atoms with Gasteiger partial charge in [-0.1, -0.05) is 13.5 Å². The van der Waals surface area contributed by atoms with Crippen molar-refractivity contribution in [2.45, 2.75) is 59.3 Å². The van der Waals surface area contributed by atoms with E-state index < -0.39 is 17.9 Å². The lowest BCUT2D eigenvalue weighted by Gasteiger charge is -2.24. The van der Waals surface area contributed by atoms with Crippen molar-refractivity contribution in [3.63, 3.8) is 0 Å². The molecule has 0 N–H and O–H groups in total. The van der Waals surface area contributed by atoms with Gasteiger partial charge in [-0.15, -0.1) is 0 Å². The fourth-order valence-electron chi connectivity index (χ4n) is 4.65. The quantitative estimate of drug-likeness (QED) is 0.0963. The molecule has 0 spiro atoms. The van der Waals surface area contributed by atoms with E-state index in [-0.39, 0.29) is 54.3 Å². The average Bonchev–Trinajstić information content (AvgIpc) is 3.02. The van der Waals surface area contributed by atoms with E-state index in [1.807, 2.05) is 6.92 Å². The molecule has 0 aromatic heterocycles. The van der Waals surface area contributed by atoms with Crippen LogP contribution in [0.4, 0.5) is 0 Å². The molecule has 1 fully saturated rings. The van der Waals surface area contributed by atoms with Gasteiger partial charge in [-0.25, -0.2) is 14.4 Å². The fraction of sp³-hybridized carbons (Fsp3) is 0.471. The van der Waals surface area contributed by atoms with E-state index in [4.69, 9.17) is 28.4 Å². The monoisotopic (exact) mass is 610 g/mol. The van der Waals surface area contributed by atoms with Crippen LogP contribution < -0.4 is 14.2 Å². The number of carbonyl (C=O) groups is 4. The van der Waals surface area contributed by atoms with Crippen LogP contribution >= 0.6 is 0 Å². The summed E-state index contributed by atoms with van der Waals surface area (Å²) in [6.45, 7) is 10.5. The maximum absolute atomic E-state index is 13.1. The molecule has 0 unspecified atom stereocenters. The van der Waals surface area contributed by atoms with Gasteiger partial charge in [0.2, 0.25) is 0 Å². The fourth-order valence-corrected chi connectivity index (χ4v) is 4.65. The van der Waals surface area contributed by atoms with Crippen molar-refractivity contribution in [1.29, 1.82) is 0 Å². The Morgan fingerprint density at radius 1 is 0.841 bits per heavy atom. The predicted octanol–water partition coefficient (Wildman–Crippen LogP) is 6.03. The third-order valence-corrected chi connectivity index (χ3v) is 7.22. The highest BCUT2D eigenvalue weighted by molar-refractivity contribution is 5.97. The van der Waals surface area contributed by atoms with Crippen LogP contribution in [0.15, 0.2) is 49.1 Å². The Labute approximate surface area is 258 Å². The molecular formula is C34H42O10. The Bertz CT molecular complexity index is 1290. The van der Waals surface area contributed by atoms with Crippen LogP contribution in [-0.2, 0) is 23.8 Å². The smallest absolute Gasteiger partial charge is 0.343 e. The molecule has 238 valence electrons. The van der Waals surface area contributed by atoms with Crippen LogP contribution in [-0.4, -0.2) is 56.9 Å². The van der Waals surface area contributed by atoms with Gasteiger partial charge in [-0.3, -0.25) is 4.79 Å². The lowest BCUT2D eigenvalue weighted by Crippen LogP contribution is -2.25. The zero-order valence-corrected chi connectivity index (χ0v) is 25.8. The van der Waals surface area contributed by atoms with Gasteiger partial charge in [0.05, 0.1) is 31.3 Å². The maximum atomic E-state index is 13.1. The third-order valence-electron chi connectivity index (χ3n) is 7.22. The van der Waals surface area contributed by atoms with Crippen LogP contribution in [0.2, 0.25) is 0 Å². The van der Waals surface area contributed by atoms with E-state index in [1.165, 1.54) is 18.2 Å². The van der Waals surface area contributed by atoms with Crippen molar-refractivity contribution in [3.8, 4) is 17.2 Å². The highest BCUT2D eigenvalue weighted by Gasteiger charge is 2.27. The molecule has 3 rings (SSSR count). The van der Waals surface area contributed by atoms with Crippen LogP contribution in [0.5, 0.6) is 17.2 Å². The van der Waals surface area contributed by atoms with Gasteiger partial charge in [0.15, 0.2) is 0 Å². The van der Waals surface area contributed by atoms with Crippen molar-refractivity contribution in [2.75, 3.05) is 33.0 Å². The molecule has 0 bridgehead atoms. The SMILES string of the molecule is C=CC(=O)OCCCCOc1ccc(C(=O)Oc2ccc(OC(=O)C3CCC(C)CC3)cc2C(=O)OCCOCC)cc1C. The first-order valence-corrected chi connectivity index (χ1v) is 15.1. The highest BCUT2D eigenvalue weighted by atomic mass is 16.6. The summed E-state index contributed by atoms with van der Waals surface area (Å²) in [6, 6.07) is 9.13. The summed E-state index contributed by atoms with van der Waals surface area (Å²) in [5, 5.41) is 0. The first-order chi connectivity index (χ1) is 21.2. The molecule has 44 heavy (non-hydrogen) atoms. The molecule has 1 aliphatic carbocycles. The summed E-state index contributed by atoms with van der Waals surface area (Å²) in [5.74, 6) is -1.09. The molecule has 10 heteroatoms. The van der Waals surface area contributed by atoms with E-state index in [0.717, 1.165) is 31.8 Å². The standard InChI is InChI=1S/C34H42O10/c1-5-31(35)41-18-8-7-17-40-29-15-13-26(21-24(29)4)33(37)44-30-16-14-27(22-28(30)34(38)42-20-19-39-6-2)43-32(36)25-11-9-23(3)10-12-25/h5,13-16,21-23,25H,1,6-12,17-20H2,2-4H3. The summed E-state index contributed by atoms with van der Waals surface area (Å²) in [7, 11) is 0. The molecule has 1 saturated carbocycles. The summed E-state index contributed by atoms with van der Waals surface area (Å²) in [4.78, 5) is 49.9. The number of rotatable bonds is 16. The number of aryl methyl sites for hydroxylation is 1. The minimum atomic E-state index is -0.740. The van der Waals surface area contributed by atoms with Crippen molar-refractivity contribution >= 4 is 23.9 Å². The Morgan fingerprint density at radius 3 is 2.27 bits per heavy atom. The zero-order valence-electron chi connectivity index (χ0n) is 25.8. The lowest BCUT2D eigenvalue weighted by molar-refractivity contribution is -0.140. The van der Waals surface area contributed by atoms with Crippen molar-refractivity contribution in [1.82, 2.24) is 0 Å². The van der Waals surface area contributed by atoms with E-state index in [0.29, 0.717) is 43.3 Å². The van der Waals surface area contributed by atoms with Gasteiger partial charge < -0.3 is 28.4 Å². The summed E-state index contributed by atoms with van der Waals surface area (Å²) >= 11 is 0. The second-order valence-corrected chi connectivity index (χ2v) is 10.7. The van der Waals surface area contributed by atoms with Crippen LogP contribution in [0.25, 0.3) is 0 Å². The van der Waals surface area contributed by atoms with Crippen LogP contribution in [0.3, 0.4) is 0 Å². The van der Waals surface area contributed by atoms with E-state index >= 15 is 0 Å². The number of benzene rings is 2. The third kappa shape index (κ3) is 10.8. The first kappa shape index (κ1) is 34.3. The summed E-state index contributed by atoms with van der Waals surface area (Å²) in [5.41, 5.74) is 0.921. The largest absolute Gasteiger partial charge is 0.493 e. The summed E-state index contributed by atoms with van der Waals surface area (Å²) in [6.07, 6.45) is 5.88. The topological polar surface area (TPSA) is 124 Å². The van der Waals surface area contributed by atoms with E-state index in [2.05, 4.69) is 13.5 Å². The maximum Gasteiger partial charge on any atom is 0.343 e. The number of hydrogen-bond donors (Lipinski definition) is 0. The van der Waals surface area contributed by atoms with Crippen LogP contribution in [0, 0.1) is 18.8 Å². The molecule has 0 saturated heterocycles. The zero-order chi connectivity index (χ0) is 31.9. The molecule has 0 heterocycles. The molecule has 1 aliphatic rings. The summed E-state index contributed by atoms with van der Waals surface area (Å²) < 4.78 is 32.5. The Kier molecular flexibility index (Phi) is 13.9. The Hall–Kier alpha value is -4.18. The normalized spacial score (nSPS) is 16.0. The molecule has 2 aromatic carbocycles. The molecule has 0 amide bonds. The highest BCUT2D eigenvalue weighted by Crippen LogP contribution is 2.31. The van der Waals surface area contributed by atoms with Gasteiger partial charge >= 0.3 is 23.9 Å². The van der Waals surface area contributed by atoms with Crippen LogP contribution in [0.1, 0.15) is 78.7 Å². The second kappa shape index (κ2) is 17.8. The van der Waals surface area contributed by atoms with Gasteiger partial charge in [0.1, 0.15) is 29.4 Å². The molecular weight excluding hydrogens is 568 g/mol. The number of ether oxygens (including phenoxy) is 6. The van der Waals surface area contributed by atoms with Crippen molar-refractivity contribution in [3.05, 3.63) is 65.7 Å². The van der Waals surface area contributed by atoms with E-state index in [1.54, 1.807) is 25.1 Å². The van der Waals surface area contributed by atoms with Gasteiger partial charge in [0, 0.05) is 12.7 Å². The first-order valence-electron chi connectivity index (χ1n) is 15.1. The van der Waals surface area contributed by atoms with Gasteiger partial charge in [0.25, 0.3) is 0 Å². The minimum Gasteiger partial charge on any atom is -0.493 e. The van der Waals surface area contributed by atoms with Crippen molar-refractivity contribution < 1.29 is 47.6 Å². The number of unbranched alkanes of at least 4 members (excludes halogenated alkanes) is 1. The molecule has 0 aliphatic heterocycles. The average molecular weight is 611 g/mol. The number of esters is 4. The van der Waals surface area contributed by atoms with Gasteiger partial charge in [-0.05, 0) is 100 Å².